The van der Waals surface area contributed by atoms with E-state index in [1.807, 2.05) is 41.5 Å². The molecular formula is C21H35F3O3Si. The lowest BCUT2D eigenvalue weighted by Crippen LogP contribution is -2.50. The lowest BCUT2D eigenvalue weighted by Gasteiger charge is -2.34. The molecule has 0 spiro atoms. The van der Waals surface area contributed by atoms with E-state index in [0.29, 0.717) is 18.0 Å². The fraction of sp³-hybridized carbons (Fsp3) is 0.714. The van der Waals surface area contributed by atoms with Crippen molar-refractivity contribution in [3.63, 3.8) is 0 Å². The van der Waals surface area contributed by atoms with E-state index in [2.05, 4.69) is 0 Å². The number of alkyl halides is 3. The van der Waals surface area contributed by atoms with Gasteiger partial charge < -0.3 is 13.3 Å². The molecule has 3 nitrogen and oxygen atoms in total. The number of halogens is 3. The van der Waals surface area contributed by atoms with Crippen LogP contribution in [0.3, 0.4) is 0 Å². The molecule has 0 radical (unpaired) electrons. The lowest BCUT2D eigenvalue weighted by molar-refractivity contribution is -0.137. The maximum Gasteiger partial charge on any atom is 0.501 e. The molecule has 1 rings (SSSR count). The van der Waals surface area contributed by atoms with Crippen LogP contribution in [0.15, 0.2) is 24.3 Å². The molecule has 7 heteroatoms. The van der Waals surface area contributed by atoms with Crippen LogP contribution in [-0.2, 0) is 25.9 Å². The Morgan fingerprint density at radius 3 is 1.82 bits per heavy atom. The monoisotopic (exact) mass is 420 g/mol. The van der Waals surface area contributed by atoms with Gasteiger partial charge in [-0.05, 0) is 72.4 Å². The third-order valence-electron chi connectivity index (χ3n) is 3.95. The van der Waals surface area contributed by atoms with E-state index in [9.17, 15) is 13.2 Å². The van der Waals surface area contributed by atoms with Gasteiger partial charge in [-0.1, -0.05) is 24.6 Å². The standard InChI is InChI=1S/C21H35F3O3Si/c1-16(2)25-28(26-17(3)4,27-18(5)6)14-9-7-8-11-19-12-10-13-20(15-19)21(22,23)24/h10,12-13,15-18H,7-9,11,14H2,1-6H3. The summed E-state index contributed by atoms with van der Waals surface area (Å²) in [6.07, 6.45) is -1.08. The molecule has 0 unspecified atom stereocenters. The van der Waals surface area contributed by atoms with Crippen molar-refractivity contribution in [1.82, 2.24) is 0 Å². The van der Waals surface area contributed by atoms with E-state index >= 15 is 0 Å². The van der Waals surface area contributed by atoms with Crippen molar-refractivity contribution in [3.05, 3.63) is 35.4 Å². The normalized spacial score (nSPS) is 13.1. The van der Waals surface area contributed by atoms with E-state index in [0.717, 1.165) is 25.3 Å². The third kappa shape index (κ3) is 9.54. The molecule has 0 amide bonds. The number of aryl methyl sites for hydroxylation is 1. The number of benzene rings is 1. The van der Waals surface area contributed by atoms with Gasteiger partial charge in [0.2, 0.25) is 0 Å². The molecule has 162 valence electrons. The molecule has 0 saturated carbocycles. The van der Waals surface area contributed by atoms with Crippen molar-refractivity contribution in [2.75, 3.05) is 0 Å². The van der Waals surface area contributed by atoms with Gasteiger partial charge in [-0.15, -0.1) is 0 Å². The van der Waals surface area contributed by atoms with Gasteiger partial charge in [0, 0.05) is 24.4 Å². The minimum atomic E-state index is -4.29. The Morgan fingerprint density at radius 1 is 0.821 bits per heavy atom. The zero-order valence-electron chi connectivity index (χ0n) is 17.9. The van der Waals surface area contributed by atoms with Crippen LogP contribution in [0.4, 0.5) is 13.2 Å². The maximum absolute atomic E-state index is 12.8. The number of rotatable bonds is 12. The summed E-state index contributed by atoms with van der Waals surface area (Å²) in [7, 11) is -2.80. The zero-order chi connectivity index (χ0) is 21.4. The molecule has 0 bridgehead atoms. The number of hydrogen-bond donors (Lipinski definition) is 0. The highest BCUT2D eigenvalue weighted by atomic mass is 28.4. The highest BCUT2D eigenvalue weighted by molar-refractivity contribution is 6.60. The Hall–Kier alpha value is -0.893. The smallest absolute Gasteiger partial charge is 0.371 e. The van der Waals surface area contributed by atoms with E-state index < -0.39 is 20.5 Å². The summed E-state index contributed by atoms with van der Waals surface area (Å²) in [6, 6.07) is 6.29. The Kier molecular flexibility index (Phi) is 10.2. The van der Waals surface area contributed by atoms with Crippen molar-refractivity contribution in [2.24, 2.45) is 0 Å². The Balaban J connectivity index is 2.61. The fourth-order valence-corrected chi connectivity index (χ4v) is 6.45. The molecule has 0 fully saturated rings. The molecule has 0 aliphatic rings. The number of hydrogen-bond acceptors (Lipinski definition) is 3. The van der Waals surface area contributed by atoms with Crippen molar-refractivity contribution in [3.8, 4) is 0 Å². The quantitative estimate of drug-likeness (QED) is 0.280. The topological polar surface area (TPSA) is 27.7 Å². The Morgan fingerprint density at radius 2 is 1.36 bits per heavy atom. The average molecular weight is 421 g/mol. The molecule has 28 heavy (non-hydrogen) atoms. The van der Waals surface area contributed by atoms with Gasteiger partial charge in [-0.3, -0.25) is 0 Å². The van der Waals surface area contributed by atoms with Crippen molar-refractivity contribution < 1.29 is 26.4 Å². The first-order chi connectivity index (χ1) is 12.9. The third-order valence-corrected chi connectivity index (χ3v) is 7.41. The SMILES string of the molecule is CC(C)O[Si](CCCCCc1cccc(C(F)(F)F)c1)(OC(C)C)OC(C)C. The van der Waals surface area contributed by atoms with Gasteiger partial charge in [-0.2, -0.15) is 13.2 Å². The molecule has 0 heterocycles. The summed E-state index contributed by atoms with van der Waals surface area (Å²) in [4.78, 5) is 0. The second-order valence-electron chi connectivity index (χ2n) is 7.94. The first-order valence-electron chi connectivity index (χ1n) is 10.1. The van der Waals surface area contributed by atoms with Gasteiger partial charge >= 0.3 is 15.0 Å². The van der Waals surface area contributed by atoms with Crippen molar-refractivity contribution in [1.29, 1.82) is 0 Å². The van der Waals surface area contributed by atoms with E-state index in [4.69, 9.17) is 13.3 Å². The summed E-state index contributed by atoms with van der Waals surface area (Å²) in [6.45, 7) is 11.8. The minimum Gasteiger partial charge on any atom is -0.371 e. The maximum atomic E-state index is 12.8. The van der Waals surface area contributed by atoms with Crippen LogP contribution in [-0.4, -0.2) is 27.1 Å². The highest BCUT2D eigenvalue weighted by Gasteiger charge is 2.43. The Bertz CT molecular complexity index is 548. The van der Waals surface area contributed by atoms with E-state index in [1.54, 1.807) is 6.07 Å². The van der Waals surface area contributed by atoms with E-state index in [1.165, 1.54) is 12.1 Å². The average Bonchev–Trinajstić information content (AvgIpc) is 2.52. The highest BCUT2D eigenvalue weighted by Crippen LogP contribution is 2.30. The van der Waals surface area contributed by atoms with Gasteiger partial charge in [0.25, 0.3) is 0 Å². The zero-order valence-corrected chi connectivity index (χ0v) is 18.9. The fourth-order valence-electron chi connectivity index (χ4n) is 3.09. The van der Waals surface area contributed by atoms with Gasteiger partial charge in [0.1, 0.15) is 0 Å². The van der Waals surface area contributed by atoms with Gasteiger partial charge in [0.05, 0.1) is 5.56 Å². The van der Waals surface area contributed by atoms with Crippen molar-refractivity contribution in [2.45, 2.75) is 97.8 Å². The predicted octanol–water partition coefficient (Wildman–Crippen LogP) is 6.63. The van der Waals surface area contributed by atoms with Crippen LogP contribution in [0.5, 0.6) is 0 Å². The van der Waals surface area contributed by atoms with Crippen LogP contribution in [0.25, 0.3) is 0 Å². The largest absolute Gasteiger partial charge is 0.501 e. The summed E-state index contributed by atoms with van der Waals surface area (Å²) in [5, 5.41) is 0. The summed E-state index contributed by atoms with van der Waals surface area (Å²) < 4.78 is 56.9. The van der Waals surface area contributed by atoms with Gasteiger partial charge in [0.15, 0.2) is 0 Å². The summed E-state index contributed by atoms with van der Waals surface area (Å²) >= 11 is 0. The van der Waals surface area contributed by atoms with Gasteiger partial charge in [-0.25, -0.2) is 0 Å². The second-order valence-corrected chi connectivity index (χ2v) is 10.5. The van der Waals surface area contributed by atoms with Crippen LogP contribution in [0, 0.1) is 0 Å². The summed E-state index contributed by atoms with van der Waals surface area (Å²) in [5.41, 5.74) is 0.131. The van der Waals surface area contributed by atoms with Crippen LogP contribution >= 0.6 is 0 Å². The van der Waals surface area contributed by atoms with E-state index in [-0.39, 0.29) is 18.3 Å². The predicted molar refractivity (Wildman–Crippen MR) is 108 cm³/mol. The summed E-state index contributed by atoms with van der Waals surface area (Å²) in [5.74, 6) is 0. The molecular weight excluding hydrogens is 385 g/mol. The molecule has 0 N–H and O–H groups in total. The first-order valence-corrected chi connectivity index (χ1v) is 12.1. The second kappa shape index (κ2) is 11.3. The molecule has 0 saturated heterocycles. The van der Waals surface area contributed by atoms with Crippen LogP contribution in [0.2, 0.25) is 6.04 Å². The first kappa shape index (κ1) is 25.1. The molecule has 0 aliphatic carbocycles. The Labute approximate surface area is 168 Å². The lowest BCUT2D eigenvalue weighted by atomic mass is 10.0. The molecule has 1 aromatic rings. The van der Waals surface area contributed by atoms with Crippen LogP contribution in [0.1, 0.15) is 71.9 Å². The minimum absolute atomic E-state index is 0.00859. The number of unbranched alkanes of at least 4 members (excludes halogenated alkanes) is 2. The van der Waals surface area contributed by atoms with Crippen molar-refractivity contribution >= 4 is 8.80 Å². The van der Waals surface area contributed by atoms with Crippen LogP contribution < -0.4 is 0 Å². The molecule has 0 aliphatic heterocycles. The molecule has 1 aromatic carbocycles. The molecule has 0 aromatic heterocycles. The molecule has 0 atom stereocenters.